The number of amides is 2. The molecule has 212 valence electrons. The summed E-state index contributed by atoms with van der Waals surface area (Å²) in [5, 5.41) is 7.09. The number of nitrogens with zero attached hydrogens (tertiary/aromatic N) is 1. The van der Waals surface area contributed by atoms with Crippen molar-refractivity contribution < 1.29 is 14.3 Å². The Morgan fingerprint density at radius 1 is 0.833 bits per heavy atom. The van der Waals surface area contributed by atoms with Crippen molar-refractivity contribution in [1.29, 1.82) is 0 Å². The summed E-state index contributed by atoms with van der Waals surface area (Å²) >= 11 is 5.97. The predicted molar refractivity (Wildman–Crippen MR) is 167 cm³/mol. The van der Waals surface area contributed by atoms with Crippen molar-refractivity contribution in [3.8, 4) is 5.75 Å². The predicted octanol–water partition coefficient (Wildman–Crippen LogP) is 5.87. The Hall–Kier alpha value is -4.88. The average molecular weight is 580 g/mol. The first-order chi connectivity index (χ1) is 20.4. The summed E-state index contributed by atoms with van der Waals surface area (Å²) < 4.78 is 6.83. The summed E-state index contributed by atoms with van der Waals surface area (Å²) in [6.07, 6.45) is 0.776. The molecule has 0 radical (unpaired) electrons. The molecule has 0 aliphatic carbocycles. The quantitative estimate of drug-likeness (QED) is 0.217. The van der Waals surface area contributed by atoms with E-state index >= 15 is 0 Å². The number of hydrogen-bond acceptors (Lipinski definition) is 4. The Labute approximate surface area is 248 Å². The molecule has 4 aromatic carbocycles. The first-order valence-corrected chi connectivity index (χ1v) is 13.9. The molecule has 0 saturated heterocycles. The van der Waals surface area contributed by atoms with E-state index in [1.54, 1.807) is 42.0 Å². The van der Waals surface area contributed by atoms with Gasteiger partial charge in [-0.2, -0.15) is 0 Å². The number of anilines is 1. The molecule has 0 aliphatic rings. The number of nitrogens with one attached hydrogen (secondary N) is 2. The zero-order valence-electron chi connectivity index (χ0n) is 23.1. The standard InChI is InChI=1S/C34H30ClN3O4/c1-42-27-16-12-25(13-17-27)22-38-31-9-5-8-30(37-32(39)20-24-6-3-2-4-7-24)28(31)21-29(34(38)41)33(40)36-19-18-23-10-14-26(35)15-11-23/h2-17,21H,18-20,22H2,1H3,(H,36,40)(H,37,39). The number of pyridine rings is 1. The second-order valence-corrected chi connectivity index (χ2v) is 10.3. The van der Waals surface area contributed by atoms with Crippen LogP contribution in [0.5, 0.6) is 5.75 Å². The minimum Gasteiger partial charge on any atom is -0.497 e. The number of ether oxygens (including phenoxy) is 1. The van der Waals surface area contributed by atoms with Crippen LogP contribution in [0.2, 0.25) is 5.02 Å². The van der Waals surface area contributed by atoms with Gasteiger partial charge < -0.3 is 19.9 Å². The number of aromatic nitrogens is 1. The van der Waals surface area contributed by atoms with Gasteiger partial charge in [0.15, 0.2) is 0 Å². The number of carbonyl (C=O) groups excluding carboxylic acids is 2. The average Bonchev–Trinajstić information content (AvgIpc) is 3.00. The van der Waals surface area contributed by atoms with Crippen LogP contribution in [0.15, 0.2) is 108 Å². The van der Waals surface area contributed by atoms with E-state index in [0.29, 0.717) is 40.3 Å². The summed E-state index contributed by atoms with van der Waals surface area (Å²) in [7, 11) is 1.59. The van der Waals surface area contributed by atoms with Crippen molar-refractivity contribution in [3.63, 3.8) is 0 Å². The van der Waals surface area contributed by atoms with Crippen LogP contribution in [0.1, 0.15) is 27.0 Å². The van der Waals surface area contributed by atoms with Gasteiger partial charge in [-0.3, -0.25) is 14.4 Å². The van der Waals surface area contributed by atoms with E-state index in [-0.39, 0.29) is 24.4 Å². The zero-order chi connectivity index (χ0) is 29.5. The van der Waals surface area contributed by atoms with Gasteiger partial charge in [-0.25, -0.2) is 0 Å². The third-order valence-electron chi connectivity index (χ3n) is 6.98. The number of fused-ring (bicyclic) bond motifs is 1. The second-order valence-electron chi connectivity index (χ2n) is 9.88. The third kappa shape index (κ3) is 6.87. The number of benzene rings is 4. The van der Waals surface area contributed by atoms with Gasteiger partial charge in [0.1, 0.15) is 11.3 Å². The van der Waals surface area contributed by atoms with E-state index in [9.17, 15) is 14.4 Å². The largest absolute Gasteiger partial charge is 0.497 e. The first-order valence-electron chi connectivity index (χ1n) is 13.6. The van der Waals surface area contributed by atoms with Crippen LogP contribution in [-0.2, 0) is 24.2 Å². The van der Waals surface area contributed by atoms with Crippen LogP contribution in [0.3, 0.4) is 0 Å². The third-order valence-corrected chi connectivity index (χ3v) is 7.23. The molecule has 0 spiro atoms. The molecule has 0 saturated carbocycles. The molecule has 7 nitrogen and oxygen atoms in total. The maximum absolute atomic E-state index is 13.8. The highest BCUT2D eigenvalue weighted by Crippen LogP contribution is 2.25. The maximum atomic E-state index is 13.8. The van der Waals surface area contributed by atoms with Crippen molar-refractivity contribution in [1.82, 2.24) is 9.88 Å². The zero-order valence-corrected chi connectivity index (χ0v) is 23.9. The number of halogens is 1. The fourth-order valence-corrected chi connectivity index (χ4v) is 4.91. The summed E-state index contributed by atoms with van der Waals surface area (Å²) in [6.45, 7) is 0.568. The lowest BCUT2D eigenvalue weighted by Gasteiger charge is -2.16. The lowest BCUT2D eigenvalue weighted by Crippen LogP contribution is -2.34. The smallest absolute Gasteiger partial charge is 0.264 e. The fraction of sp³-hybridized carbons (Fsp3) is 0.147. The van der Waals surface area contributed by atoms with E-state index < -0.39 is 11.5 Å². The molecule has 5 aromatic rings. The Balaban J connectivity index is 1.48. The summed E-state index contributed by atoms with van der Waals surface area (Å²) in [5.74, 6) is 0.0218. The van der Waals surface area contributed by atoms with Gasteiger partial charge >= 0.3 is 0 Å². The SMILES string of the molecule is COc1ccc(Cn2c(=O)c(C(=O)NCCc3ccc(Cl)cc3)cc3c(NC(=O)Cc4ccccc4)cccc32)cc1. The van der Waals surface area contributed by atoms with Gasteiger partial charge in [0.2, 0.25) is 5.91 Å². The molecule has 1 heterocycles. The van der Waals surface area contributed by atoms with Crippen molar-refractivity contribution in [2.24, 2.45) is 0 Å². The monoisotopic (exact) mass is 579 g/mol. The molecule has 0 unspecified atom stereocenters. The van der Waals surface area contributed by atoms with Crippen molar-refractivity contribution in [3.05, 3.63) is 141 Å². The van der Waals surface area contributed by atoms with Gasteiger partial charge in [-0.05, 0) is 65.6 Å². The number of hydrogen-bond donors (Lipinski definition) is 2. The van der Waals surface area contributed by atoms with E-state index in [1.165, 1.54) is 0 Å². The van der Waals surface area contributed by atoms with Crippen molar-refractivity contribution in [2.75, 3.05) is 19.0 Å². The fourth-order valence-electron chi connectivity index (χ4n) is 4.79. The number of methoxy groups -OCH3 is 1. The molecule has 0 fully saturated rings. The molecule has 1 aromatic heterocycles. The van der Waals surface area contributed by atoms with E-state index in [2.05, 4.69) is 10.6 Å². The normalized spacial score (nSPS) is 10.8. The molecular formula is C34H30ClN3O4. The number of rotatable bonds is 10. The molecule has 0 atom stereocenters. The summed E-state index contributed by atoms with van der Waals surface area (Å²) in [5.41, 5.74) is 3.45. The van der Waals surface area contributed by atoms with Gasteiger partial charge in [-0.15, -0.1) is 0 Å². The number of carbonyl (C=O) groups is 2. The highest BCUT2D eigenvalue weighted by Gasteiger charge is 2.18. The highest BCUT2D eigenvalue weighted by atomic mass is 35.5. The van der Waals surface area contributed by atoms with Gasteiger partial charge in [0.05, 0.1) is 31.3 Å². The first kappa shape index (κ1) is 28.6. The molecule has 2 N–H and O–H groups in total. The molecule has 5 rings (SSSR count). The molecule has 42 heavy (non-hydrogen) atoms. The highest BCUT2D eigenvalue weighted by molar-refractivity contribution is 6.30. The second kappa shape index (κ2) is 13.2. The Morgan fingerprint density at radius 2 is 1.55 bits per heavy atom. The van der Waals surface area contributed by atoms with E-state index in [4.69, 9.17) is 16.3 Å². The van der Waals surface area contributed by atoms with E-state index in [1.807, 2.05) is 72.8 Å². The lowest BCUT2D eigenvalue weighted by molar-refractivity contribution is -0.115. The Morgan fingerprint density at radius 3 is 2.26 bits per heavy atom. The molecule has 0 aliphatic heterocycles. The minimum atomic E-state index is -0.482. The molecule has 8 heteroatoms. The molecular weight excluding hydrogens is 550 g/mol. The van der Waals surface area contributed by atoms with Crippen LogP contribution in [0.4, 0.5) is 5.69 Å². The van der Waals surface area contributed by atoms with E-state index in [0.717, 1.165) is 16.7 Å². The van der Waals surface area contributed by atoms with Crippen molar-refractivity contribution >= 4 is 40.0 Å². The summed E-state index contributed by atoms with van der Waals surface area (Å²) in [4.78, 5) is 40.1. The Kier molecular flexibility index (Phi) is 8.99. The maximum Gasteiger partial charge on any atom is 0.264 e. The van der Waals surface area contributed by atoms with Crippen LogP contribution in [0, 0.1) is 0 Å². The van der Waals surface area contributed by atoms with Gasteiger partial charge in [0.25, 0.3) is 11.5 Å². The van der Waals surface area contributed by atoms with Crippen LogP contribution < -0.4 is 20.9 Å². The van der Waals surface area contributed by atoms with Gasteiger partial charge in [-0.1, -0.05) is 72.3 Å². The van der Waals surface area contributed by atoms with Crippen molar-refractivity contribution in [2.45, 2.75) is 19.4 Å². The van der Waals surface area contributed by atoms with Crippen LogP contribution >= 0.6 is 11.6 Å². The molecule has 0 bridgehead atoms. The minimum absolute atomic E-state index is 0.00289. The van der Waals surface area contributed by atoms with Crippen LogP contribution in [-0.4, -0.2) is 30.0 Å². The summed E-state index contributed by atoms with van der Waals surface area (Å²) in [6, 6.07) is 31.2. The topological polar surface area (TPSA) is 89.4 Å². The molecule has 2 amide bonds. The van der Waals surface area contributed by atoms with Crippen LogP contribution in [0.25, 0.3) is 10.9 Å². The van der Waals surface area contributed by atoms with Gasteiger partial charge in [0, 0.05) is 17.0 Å². The lowest BCUT2D eigenvalue weighted by atomic mass is 10.1. The Bertz CT molecular complexity index is 1770.